The van der Waals surface area contributed by atoms with Crippen LogP contribution in [0.4, 0.5) is 0 Å². The van der Waals surface area contributed by atoms with E-state index >= 15 is 0 Å². The van der Waals surface area contributed by atoms with Gasteiger partial charge in [0.25, 0.3) is 5.91 Å². The largest absolute Gasteiger partial charge is 0.420 e. The minimum absolute atomic E-state index is 0.000816. The van der Waals surface area contributed by atoms with Crippen molar-refractivity contribution >= 4 is 23.5 Å². The van der Waals surface area contributed by atoms with Gasteiger partial charge in [-0.1, -0.05) is 74.3 Å². The average molecular weight is 508 g/mol. The number of carbonyl (C=O) groups excluding carboxylic acids is 2. The first-order valence-corrected chi connectivity index (χ1v) is 12.5. The molecule has 0 aliphatic carbocycles. The van der Waals surface area contributed by atoms with Gasteiger partial charge in [0, 0.05) is 24.0 Å². The van der Waals surface area contributed by atoms with Crippen LogP contribution in [0.25, 0.3) is 0 Å². The second-order valence-corrected chi connectivity index (χ2v) is 9.91. The molecule has 188 valence electrons. The minimum atomic E-state index is -0.601. The molecule has 2 heterocycles. The Balaban J connectivity index is 1.96. The Labute approximate surface area is 215 Å². The second kappa shape index (κ2) is 10.7. The fourth-order valence-corrected chi connectivity index (χ4v) is 4.86. The maximum Gasteiger partial charge on any atom is 0.313 e. The molecule has 0 saturated carbocycles. The zero-order chi connectivity index (χ0) is 26.0. The molecular weight excluding hydrogens is 478 g/mol. The lowest BCUT2D eigenvalue weighted by Gasteiger charge is -2.39. The molecule has 7 nitrogen and oxygen atoms in total. The number of nitrogens with zero attached hydrogens (tertiary/aromatic N) is 3. The van der Waals surface area contributed by atoms with Crippen molar-refractivity contribution < 1.29 is 14.3 Å². The van der Waals surface area contributed by atoms with Crippen LogP contribution in [0.2, 0.25) is 5.02 Å². The zero-order valence-electron chi connectivity index (χ0n) is 20.9. The van der Waals surface area contributed by atoms with Gasteiger partial charge < -0.3 is 9.64 Å². The monoisotopic (exact) mass is 507 g/mol. The Morgan fingerprint density at radius 1 is 1.14 bits per heavy atom. The van der Waals surface area contributed by atoms with Crippen LogP contribution >= 0.6 is 11.6 Å². The third kappa shape index (κ3) is 5.07. The fourth-order valence-electron chi connectivity index (χ4n) is 4.66. The number of hydrogen-bond donors (Lipinski definition) is 0. The number of benzene rings is 2. The van der Waals surface area contributed by atoms with Crippen molar-refractivity contribution in [2.75, 3.05) is 13.1 Å². The quantitative estimate of drug-likeness (QED) is 0.420. The molecule has 1 aliphatic rings. The van der Waals surface area contributed by atoms with Crippen molar-refractivity contribution in [3.05, 3.63) is 92.4 Å². The number of carbonyl (C=O) groups is 2. The third-order valence-electron chi connectivity index (χ3n) is 6.34. The topological polar surface area (TPSA) is 81.5 Å². The summed E-state index contributed by atoms with van der Waals surface area (Å²) in [5, 5.41) is 5.01. The summed E-state index contributed by atoms with van der Waals surface area (Å²) in [6, 6.07) is 15.4. The predicted molar refractivity (Wildman–Crippen MR) is 139 cm³/mol. The van der Waals surface area contributed by atoms with Crippen LogP contribution in [0.5, 0.6) is 5.75 Å². The van der Waals surface area contributed by atoms with E-state index < -0.39 is 17.3 Å². The zero-order valence-corrected chi connectivity index (χ0v) is 21.7. The lowest BCUT2D eigenvalue weighted by Crippen LogP contribution is -2.47. The summed E-state index contributed by atoms with van der Waals surface area (Å²) in [7, 11) is 0. The Morgan fingerprint density at radius 2 is 1.83 bits per heavy atom. The SMILES string of the molecule is CCCN1CC(C(c2cccc(C)c2)c2cccc(Cl)c2)n2ncc(=O)c(OC(=O)C(C)C)c2C1=O. The van der Waals surface area contributed by atoms with Crippen molar-refractivity contribution in [2.45, 2.75) is 46.1 Å². The van der Waals surface area contributed by atoms with Gasteiger partial charge in [0.05, 0.1) is 18.2 Å². The van der Waals surface area contributed by atoms with Gasteiger partial charge in [-0.3, -0.25) is 19.1 Å². The first-order valence-electron chi connectivity index (χ1n) is 12.2. The Hall–Kier alpha value is -3.45. The number of aromatic nitrogens is 2. The number of halogens is 1. The van der Waals surface area contributed by atoms with Crippen LogP contribution in [0.15, 0.2) is 59.5 Å². The van der Waals surface area contributed by atoms with E-state index in [1.807, 2.05) is 56.3 Å². The average Bonchev–Trinajstić information content (AvgIpc) is 2.83. The molecule has 0 spiro atoms. The van der Waals surface area contributed by atoms with E-state index in [0.717, 1.165) is 29.3 Å². The molecule has 0 saturated heterocycles. The highest BCUT2D eigenvalue weighted by atomic mass is 35.5. The normalized spacial score (nSPS) is 16.1. The van der Waals surface area contributed by atoms with Gasteiger partial charge in [0.1, 0.15) is 0 Å². The summed E-state index contributed by atoms with van der Waals surface area (Å²) >= 11 is 6.40. The van der Waals surface area contributed by atoms with Gasteiger partial charge in [-0.25, -0.2) is 0 Å². The lowest BCUT2D eigenvalue weighted by molar-refractivity contribution is -0.137. The van der Waals surface area contributed by atoms with Crippen molar-refractivity contribution in [2.24, 2.45) is 5.92 Å². The van der Waals surface area contributed by atoms with E-state index in [2.05, 4.69) is 11.2 Å². The van der Waals surface area contributed by atoms with Gasteiger partial charge >= 0.3 is 5.97 Å². The van der Waals surface area contributed by atoms with E-state index in [4.69, 9.17) is 16.3 Å². The van der Waals surface area contributed by atoms with Crippen LogP contribution in [-0.4, -0.2) is 39.6 Å². The van der Waals surface area contributed by atoms with Crippen LogP contribution in [0.3, 0.4) is 0 Å². The summed E-state index contributed by atoms with van der Waals surface area (Å²) in [4.78, 5) is 40.6. The molecule has 4 rings (SSSR count). The second-order valence-electron chi connectivity index (χ2n) is 9.47. The molecule has 36 heavy (non-hydrogen) atoms. The molecule has 0 fully saturated rings. The van der Waals surface area contributed by atoms with Gasteiger partial charge in [0.2, 0.25) is 11.2 Å². The van der Waals surface area contributed by atoms with Crippen molar-refractivity contribution in [3.8, 4) is 5.75 Å². The minimum Gasteiger partial charge on any atom is -0.420 e. The summed E-state index contributed by atoms with van der Waals surface area (Å²) in [6.07, 6.45) is 1.85. The maximum absolute atomic E-state index is 13.6. The fraction of sp³-hybridized carbons (Fsp3) is 0.357. The summed E-state index contributed by atoms with van der Waals surface area (Å²) in [5.74, 6) is -1.93. The van der Waals surface area contributed by atoms with E-state index in [9.17, 15) is 14.4 Å². The van der Waals surface area contributed by atoms with Crippen molar-refractivity contribution in [3.63, 3.8) is 0 Å². The molecule has 2 atom stereocenters. The summed E-state index contributed by atoms with van der Waals surface area (Å²) in [6.45, 7) is 8.23. The first kappa shape index (κ1) is 25.6. The number of fused-ring (bicyclic) bond motifs is 1. The highest BCUT2D eigenvalue weighted by molar-refractivity contribution is 6.30. The number of hydrogen-bond acceptors (Lipinski definition) is 5. The van der Waals surface area contributed by atoms with E-state index in [1.165, 1.54) is 0 Å². The molecule has 1 amide bonds. The Morgan fingerprint density at radius 3 is 2.47 bits per heavy atom. The molecule has 0 bridgehead atoms. The van der Waals surface area contributed by atoms with E-state index in [0.29, 0.717) is 18.1 Å². The molecular formula is C28H30ClN3O4. The Bertz CT molecular complexity index is 1310. The van der Waals surface area contributed by atoms with Crippen LogP contribution in [0.1, 0.15) is 66.3 Å². The van der Waals surface area contributed by atoms with Gasteiger partial charge in [0.15, 0.2) is 5.69 Å². The summed E-state index contributed by atoms with van der Waals surface area (Å²) < 4.78 is 7.06. The molecule has 0 radical (unpaired) electrons. The summed E-state index contributed by atoms with van der Waals surface area (Å²) in [5.41, 5.74) is 2.48. The molecule has 3 aromatic rings. The van der Waals surface area contributed by atoms with Gasteiger partial charge in [-0.15, -0.1) is 0 Å². The third-order valence-corrected chi connectivity index (χ3v) is 6.58. The van der Waals surface area contributed by atoms with Crippen LogP contribution in [0, 0.1) is 12.8 Å². The van der Waals surface area contributed by atoms with Crippen LogP contribution < -0.4 is 10.2 Å². The van der Waals surface area contributed by atoms with Gasteiger partial charge in [-0.05, 0) is 36.6 Å². The van der Waals surface area contributed by atoms with Crippen molar-refractivity contribution in [1.82, 2.24) is 14.7 Å². The number of ether oxygens (including phenoxy) is 1. The number of aryl methyl sites for hydroxylation is 1. The van der Waals surface area contributed by atoms with E-state index in [1.54, 1.807) is 23.4 Å². The molecule has 8 heteroatoms. The highest BCUT2D eigenvalue weighted by Crippen LogP contribution is 2.40. The number of esters is 1. The maximum atomic E-state index is 13.6. The standard InChI is InChI=1S/C28H30ClN3O4/c1-5-12-31-16-22(24(19-9-6-8-18(4)13-19)20-10-7-11-21(29)14-20)32-25(27(31)34)26(23(33)15-30-32)36-28(35)17(2)3/h6-11,13-15,17,22,24H,5,12,16H2,1-4H3. The predicted octanol–water partition coefficient (Wildman–Crippen LogP) is 5.01. The Kier molecular flexibility index (Phi) is 7.59. The van der Waals surface area contributed by atoms with Crippen LogP contribution in [-0.2, 0) is 4.79 Å². The number of rotatable bonds is 7. The molecule has 0 N–H and O–H groups in total. The lowest BCUT2D eigenvalue weighted by atomic mass is 9.83. The van der Waals surface area contributed by atoms with Crippen molar-refractivity contribution in [1.29, 1.82) is 0 Å². The molecule has 1 aliphatic heterocycles. The number of amides is 1. The molecule has 2 aromatic carbocycles. The molecule has 1 aromatic heterocycles. The van der Waals surface area contributed by atoms with E-state index in [-0.39, 0.29) is 29.3 Å². The molecule has 2 unspecified atom stereocenters. The van der Waals surface area contributed by atoms with Gasteiger partial charge in [-0.2, -0.15) is 5.10 Å². The smallest absolute Gasteiger partial charge is 0.313 e. The highest BCUT2D eigenvalue weighted by Gasteiger charge is 2.40. The first-order chi connectivity index (χ1) is 17.2.